The number of hydrogen-bond donors (Lipinski definition) is 0. The van der Waals surface area contributed by atoms with E-state index in [0.717, 1.165) is 24.3 Å². The van der Waals surface area contributed by atoms with Crippen molar-refractivity contribution in [2.75, 3.05) is 7.05 Å². The lowest BCUT2D eigenvalue weighted by Crippen LogP contribution is -2.40. The van der Waals surface area contributed by atoms with Crippen LogP contribution in [-0.4, -0.2) is 23.9 Å². The molecule has 0 aromatic heterocycles. The Labute approximate surface area is 131 Å². The number of rotatable bonds is 3. The molecular weight excluding hydrogens is 293 g/mol. The largest absolute Gasteiger partial charge is 0.342 e. The zero-order chi connectivity index (χ0) is 14.7. The lowest BCUT2D eigenvalue weighted by Gasteiger charge is -2.33. The fraction of sp³-hybridized carbons (Fsp3) is 0.562. The summed E-state index contributed by atoms with van der Waals surface area (Å²) in [6.07, 6.45) is 5.05. The van der Waals surface area contributed by atoms with Crippen molar-refractivity contribution in [1.29, 1.82) is 0 Å². The van der Waals surface area contributed by atoms with Crippen LogP contribution in [0.3, 0.4) is 0 Å². The molecule has 0 atom stereocenters. The Morgan fingerprint density at radius 1 is 1.20 bits per heavy atom. The molecule has 0 radical (unpaired) electrons. The number of halogens is 2. The average molecular weight is 314 g/mol. The van der Waals surface area contributed by atoms with Gasteiger partial charge in [0.25, 0.3) is 0 Å². The van der Waals surface area contributed by atoms with E-state index in [9.17, 15) is 4.79 Å². The van der Waals surface area contributed by atoms with Gasteiger partial charge in [0.05, 0.1) is 16.5 Å². The number of likely N-dealkylation sites (N-methyl/N-ethyl adjacent to an activating group) is 1. The maximum absolute atomic E-state index is 12.3. The third-order valence-electron chi connectivity index (χ3n) is 4.27. The van der Waals surface area contributed by atoms with Gasteiger partial charge in [-0.15, -0.1) is 0 Å². The molecule has 0 heterocycles. The van der Waals surface area contributed by atoms with Crippen molar-refractivity contribution in [3.8, 4) is 0 Å². The van der Waals surface area contributed by atoms with Crippen LogP contribution >= 0.6 is 23.2 Å². The first-order valence-corrected chi connectivity index (χ1v) is 7.92. The molecule has 1 fully saturated rings. The first kappa shape index (κ1) is 15.7. The summed E-state index contributed by atoms with van der Waals surface area (Å²) < 4.78 is 0. The summed E-state index contributed by atoms with van der Waals surface area (Å²) in [4.78, 5) is 14.3. The molecule has 0 bridgehead atoms. The molecule has 110 valence electrons. The molecule has 0 aliphatic heterocycles. The Bertz CT molecular complexity index is 481. The van der Waals surface area contributed by atoms with Crippen molar-refractivity contribution in [3.05, 3.63) is 33.8 Å². The van der Waals surface area contributed by atoms with Crippen molar-refractivity contribution in [2.24, 2.45) is 5.92 Å². The van der Waals surface area contributed by atoms with E-state index in [-0.39, 0.29) is 5.91 Å². The Morgan fingerprint density at radius 3 is 2.45 bits per heavy atom. The molecule has 0 spiro atoms. The van der Waals surface area contributed by atoms with Crippen molar-refractivity contribution in [3.63, 3.8) is 0 Å². The number of hydrogen-bond acceptors (Lipinski definition) is 1. The van der Waals surface area contributed by atoms with Crippen LogP contribution in [0, 0.1) is 5.92 Å². The molecule has 0 unspecified atom stereocenters. The number of nitrogens with zero attached hydrogens (tertiary/aromatic N) is 1. The molecule has 1 aromatic carbocycles. The zero-order valence-electron chi connectivity index (χ0n) is 12.0. The molecule has 2 rings (SSSR count). The molecule has 4 heteroatoms. The van der Waals surface area contributed by atoms with Crippen LogP contribution < -0.4 is 0 Å². The number of amides is 1. The fourth-order valence-corrected chi connectivity index (χ4v) is 3.10. The van der Waals surface area contributed by atoms with Gasteiger partial charge in [0.1, 0.15) is 0 Å². The molecule has 1 aliphatic rings. The Kier molecular flexibility index (Phi) is 5.34. The number of carbonyl (C=O) groups is 1. The Hall–Kier alpha value is -0.730. The quantitative estimate of drug-likeness (QED) is 0.800. The summed E-state index contributed by atoms with van der Waals surface area (Å²) in [7, 11) is 1.92. The molecule has 1 saturated carbocycles. The van der Waals surface area contributed by atoms with Gasteiger partial charge < -0.3 is 4.90 Å². The third kappa shape index (κ3) is 3.89. The van der Waals surface area contributed by atoms with Gasteiger partial charge in [-0.2, -0.15) is 0 Å². The van der Waals surface area contributed by atoms with Crippen LogP contribution in [-0.2, 0) is 11.2 Å². The van der Waals surface area contributed by atoms with E-state index in [1.54, 1.807) is 12.1 Å². The lowest BCUT2D eigenvalue weighted by molar-refractivity contribution is -0.132. The molecule has 1 aromatic rings. The first-order chi connectivity index (χ1) is 9.47. The van der Waals surface area contributed by atoms with Crippen LogP contribution in [0.5, 0.6) is 0 Å². The van der Waals surface area contributed by atoms with Gasteiger partial charge in [-0.25, -0.2) is 0 Å². The maximum atomic E-state index is 12.3. The van der Waals surface area contributed by atoms with Gasteiger partial charge in [0.15, 0.2) is 0 Å². The van der Waals surface area contributed by atoms with Gasteiger partial charge in [-0.1, -0.05) is 36.2 Å². The van der Waals surface area contributed by atoms with E-state index in [0.29, 0.717) is 22.5 Å². The van der Waals surface area contributed by atoms with E-state index in [2.05, 4.69) is 6.92 Å². The second kappa shape index (κ2) is 6.82. The fourth-order valence-electron chi connectivity index (χ4n) is 2.78. The van der Waals surface area contributed by atoms with Crippen LogP contribution in [0.2, 0.25) is 10.0 Å². The molecule has 2 nitrogen and oxygen atoms in total. The highest BCUT2D eigenvalue weighted by molar-refractivity contribution is 6.42. The summed E-state index contributed by atoms with van der Waals surface area (Å²) in [5.41, 5.74) is 0.917. The van der Waals surface area contributed by atoms with E-state index in [1.165, 1.54) is 12.8 Å². The topological polar surface area (TPSA) is 20.3 Å². The predicted octanol–water partition coefficient (Wildman–Crippen LogP) is 4.57. The van der Waals surface area contributed by atoms with Crippen molar-refractivity contribution in [1.82, 2.24) is 4.90 Å². The van der Waals surface area contributed by atoms with E-state index in [4.69, 9.17) is 23.2 Å². The van der Waals surface area contributed by atoms with E-state index >= 15 is 0 Å². The van der Waals surface area contributed by atoms with Crippen LogP contribution in [0.25, 0.3) is 0 Å². The van der Waals surface area contributed by atoms with Gasteiger partial charge in [0, 0.05) is 13.1 Å². The maximum Gasteiger partial charge on any atom is 0.226 e. The molecular formula is C16H21Cl2NO. The molecule has 1 amide bonds. The monoisotopic (exact) mass is 313 g/mol. The van der Waals surface area contributed by atoms with Gasteiger partial charge >= 0.3 is 0 Å². The van der Waals surface area contributed by atoms with Crippen LogP contribution in [0.1, 0.15) is 38.2 Å². The smallest absolute Gasteiger partial charge is 0.226 e. The first-order valence-electron chi connectivity index (χ1n) is 7.17. The van der Waals surface area contributed by atoms with Crippen LogP contribution in [0.15, 0.2) is 18.2 Å². The lowest BCUT2D eigenvalue weighted by atomic mass is 9.86. The Balaban J connectivity index is 1.95. The van der Waals surface area contributed by atoms with E-state index < -0.39 is 0 Å². The average Bonchev–Trinajstić information content (AvgIpc) is 2.43. The minimum atomic E-state index is 0.156. The third-order valence-corrected chi connectivity index (χ3v) is 5.00. The van der Waals surface area contributed by atoms with Crippen molar-refractivity contribution in [2.45, 2.75) is 45.1 Å². The highest BCUT2D eigenvalue weighted by atomic mass is 35.5. The SMILES string of the molecule is CC1CCC(N(C)C(=O)Cc2ccc(Cl)c(Cl)c2)CC1. The minimum absolute atomic E-state index is 0.156. The molecule has 0 N–H and O–H groups in total. The van der Waals surface area contributed by atoms with Gasteiger partial charge in [-0.3, -0.25) is 4.79 Å². The summed E-state index contributed by atoms with van der Waals surface area (Å²) >= 11 is 11.9. The van der Waals surface area contributed by atoms with Crippen molar-refractivity contribution >= 4 is 29.1 Å². The van der Waals surface area contributed by atoms with E-state index in [1.807, 2.05) is 18.0 Å². The standard InChI is InChI=1S/C16H21Cl2NO/c1-11-3-6-13(7-4-11)19(2)16(20)10-12-5-8-14(17)15(18)9-12/h5,8-9,11,13H,3-4,6-7,10H2,1-2H3. The molecule has 0 saturated heterocycles. The molecule has 1 aliphatic carbocycles. The highest BCUT2D eigenvalue weighted by Gasteiger charge is 2.24. The second-order valence-corrected chi connectivity index (χ2v) is 6.66. The summed E-state index contributed by atoms with van der Waals surface area (Å²) in [5, 5.41) is 1.03. The summed E-state index contributed by atoms with van der Waals surface area (Å²) in [6, 6.07) is 5.78. The normalized spacial score (nSPS) is 22.6. The van der Waals surface area contributed by atoms with Crippen molar-refractivity contribution < 1.29 is 4.79 Å². The Morgan fingerprint density at radius 2 is 1.85 bits per heavy atom. The number of benzene rings is 1. The second-order valence-electron chi connectivity index (χ2n) is 5.84. The summed E-state index contributed by atoms with van der Waals surface area (Å²) in [6.45, 7) is 2.29. The predicted molar refractivity (Wildman–Crippen MR) is 84.4 cm³/mol. The molecule has 20 heavy (non-hydrogen) atoms. The minimum Gasteiger partial charge on any atom is -0.342 e. The summed E-state index contributed by atoms with van der Waals surface area (Å²) in [5.74, 6) is 0.952. The van der Waals surface area contributed by atoms with Gasteiger partial charge in [-0.05, 0) is 49.3 Å². The van der Waals surface area contributed by atoms with Crippen LogP contribution in [0.4, 0.5) is 0 Å². The number of carbonyl (C=O) groups excluding carboxylic acids is 1. The zero-order valence-corrected chi connectivity index (χ0v) is 13.5. The van der Waals surface area contributed by atoms with Gasteiger partial charge in [0.2, 0.25) is 5.91 Å². The highest BCUT2D eigenvalue weighted by Crippen LogP contribution is 2.27.